The highest BCUT2D eigenvalue weighted by Gasteiger charge is 2.20. The van der Waals surface area contributed by atoms with Crippen molar-refractivity contribution in [3.05, 3.63) is 12.2 Å². The molecule has 0 saturated carbocycles. The van der Waals surface area contributed by atoms with Crippen LogP contribution in [-0.2, 0) is 28.6 Å². The highest BCUT2D eigenvalue weighted by atomic mass is 16.6. The summed E-state index contributed by atoms with van der Waals surface area (Å²) in [5.41, 5.74) is 0. The molecule has 6 nitrogen and oxygen atoms in total. The molecule has 0 bridgehead atoms. The molecule has 0 aliphatic rings. The van der Waals surface area contributed by atoms with E-state index in [9.17, 15) is 14.4 Å². The summed E-state index contributed by atoms with van der Waals surface area (Å²) < 4.78 is 17.0. The predicted molar refractivity (Wildman–Crippen MR) is 353 cm³/mol. The lowest BCUT2D eigenvalue weighted by atomic mass is 10.0. The van der Waals surface area contributed by atoms with Crippen molar-refractivity contribution in [3.8, 4) is 0 Å². The van der Waals surface area contributed by atoms with Crippen LogP contribution in [0.1, 0.15) is 432 Å². The highest BCUT2D eigenvalue weighted by molar-refractivity contribution is 5.71. The van der Waals surface area contributed by atoms with Crippen molar-refractivity contribution in [3.63, 3.8) is 0 Å². The van der Waals surface area contributed by atoms with Crippen molar-refractivity contribution in [2.45, 2.75) is 438 Å². The fourth-order valence-electron chi connectivity index (χ4n) is 11.7. The molecule has 6 heteroatoms. The van der Waals surface area contributed by atoms with Crippen LogP contribution in [-0.4, -0.2) is 37.2 Å². The van der Waals surface area contributed by atoms with Gasteiger partial charge in [0.1, 0.15) is 13.2 Å². The molecule has 1 unspecified atom stereocenters. The lowest BCUT2D eigenvalue weighted by Crippen LogP contribution is -2.30. The number of hydrogen-bond donors (Lipinski definition) is 0. The van der Waals surface area contributed by atoms with Gasteiger partial charge in [0.05, 0.1) is 0 Å². The molecule has 0 spiro atoms. The van der Waals surface area contributed by atoms with Gasteiger partial charge in [0.15, 0.2) is 6.10 Å². The number of unbranched alkanes of at least 4 members (excludes halogenated alkanes) is 57. The van der Waals surface area contributed by atoms with E-state index in [1.807, 2.05) is 0 Å². The lowest BCUT2D eigenvalue weighted by Gasteiger charge is -2.18. The van der Waals surface area contributed by atoms with Crippen molar-refractivity contribution in [2.24, 2.45) is 0 Å². The number of esters is 3. The molecule has 0 heterocycles. The standard InChI is InChI=1S/C75H144O6/c1-4-7-10-13-16-19-22-25-27-29-30-31-32-33-34-35-36-37-38-39-40-41-42-43-44-45-46-47-49-50-53-56-59-62-65-68-74(77)80-71-72(70-79-73(76)67-64-61-58-55-52-24-21-18-15-12-9-6-3)81-75(78)69-66-63-60-57-54-51-48-28-26-23-20-17-14-11-8-5-2/h18,21,72H,4-17,19-20,22-71H2,1-3H3/b21-18-. The van der Waals surface area contributed by atoms with Crippen LogP contribution in [0.2, 0.25) is 0 Å². The Morgan fingerprint density at radius 2 is 0.407 bits per heavy atom. The second-order valence-electron chi connectivity index (χ2n) is 25.6. The Labute approximate surface area is 507 Å². The van der Waals surface area contributed by atoms with E-state index in [1.54, 1.807) is 0 Å². The minimum atomic E-state index is -0.769. The van der Waals surface area contributed by atoms with Gasteiger partial charge in [-0.25, -0.2) is 0 Å². The normalized spacial score (nSPS) is 12.0. The van der Waals surface area contributed by atoms with E-state index in [0.717, 1.165) is 64.2 Å². The fraction of sp³-hybridized carbons (Fsp3) is 0.933. The van der Waals surface area contributed by atoms with Crippen LogP contribution in [0.3, 0.4) is 0 Å². The summed E-state index contributed by atoms with van der Waals surface area (Å²) in [6.07, 6.45) is 85.7. The number of allylic oxidation sites excluding steroid dienone is 2. The first kappa shape index (κ1) is 79.2. The van der Waals surface area contributed by atoms with Crippen LogP contribution in [0.15, 0.2) is 12.2 Å². The Morgan fingerprint density at radius 3 is 0.642 bits per heavy atom. The minimum absolute atomic E-state index is 0.0659. The zero-order chi connectivity index (χ0) is 58.5. The minimum Gasteiger partial charge on any atom is -0.462 e. The van der Waals surface area contributed by atoms with E-state index in [0.29, 0.717) is 19.3 Å². The Morgan fingerprint density at radius 1 is 0.235 bits per heavy atom. The molecule has 81 heavy (non-hydrogen) atoms. The van der Waals surface area contributed by atoms with Gasteiger partial charge in [-0.05, 0) is 44.9 Å². The van der Waals surface area contributed by atoms with E-state index in [-0.39, 0.29) is 31.1 Å². The molecular formula is C75H144O6. The van der Waals surface area contributed by atoms with Crippen molar-refractivity contribution >= 4 is 17.9 Å². The van der Waals surface area contributed by atoms with Gasteiger partial charge in [-0.2, -0.15) is 0 Å². The van der Waals surface area contributed by atoms with E-state index in [1.165, 1.54) is 327 Å². The fourth-order valence-corrected chi connectivity index (χ4v) is 11.7. The summed E-state index contributed by atoms with van der Waals surface area (Å²) in [6.45, 7) is 6.70. The van der Waals surface area contributed by atoms with Crippen molar-refractivity contribution < 1.29 is 28.6 Å². The Hall–Kier alpha value is -1.85. The number of carbonyl (C=O) groups is 3. The lowest BCUT2D eigenvalue weighted by molar-refractivity contribution is -0.167. The topological polar surface area (TPSA) is 78.9 Å². The van der Waals surface area contributed by atoms with Crippen LogP contribution in [0.5, 0.6) is 0 Å². The summed E-state index contributed by atoms with van der Waals surface area (Å²) in [5.74, 6) is -0.843. The van der Waals surface area contributed by atoms with E-state index in [4.69, 9.17) is 14.2 Å². The highest BCUT2D eigenvalue weighted by Crippen LogP contribution is 2.20. The van der Waals surface area contributed by atoms with Crippen molar-refractivity contribution in [2.75, 3.05) is 13.2 Å². The molecular weight excluding hydrogens is 997 g/mol. The molecule has 0 rings (SSSR count). The van der Waals surface area contributed by atoms with Gasteiger partial charge in [0.25, 0.3) is 0 Å². The molecule has 1 atom stereocenters. The molecule has 0 aromatic rings. The van der Waals surface area contributed by atoms with E-state index < -0.39 is 6.10 Å². The van der Waals surface area contributed by atoms with Gasteiger partial charge in [0.2, 0.25) is 0 Å². The molecule has 0 fully saturated rings. The van der Waals surface area contributed by atoms with Gasteiger partial charge >= 0.3 is 17.9 Å². The van der Waals surface area contributed by atoms with Gasteiger partial charge in [0, 0.05) is 19.3 Å². The Kier molecular flexibility index (Phi) is 69.0. The zero-order valence-electron chi connectivity index (χ0n) is 55.4. The van der Waals surface area contributed by atoms with Gasteiger partial charge in [-0.15, -0.1) is 0 Å². The van der Waals surface area contributed by atoms with Gasteiger partial charge in [-0.1, -0.05) is 380 Å². The molecule has 0 aromatic heterocycles. The van der Waals surface area contributed by atoms with Crippen LogP contribution in [0, 0.1) is 0 Å². The molecule has 0 aliphatic heterocycles. The summed E-state index contributed by atoms with van der Waals surface area (Å²) in [5, 5.41) is 0. The van der Waals surface area contributed by atoms with E-state index >= 15 is 0 Å². The number of hydrogen-bond acceptors (Lipinski definition) is 6. The molecule has 0 aliphatic carbocycles. The van der Waals surface area contributed by atoms with Crippen LogP contribution in [0.4, 0.5) is 0 Å². The average Bonchev–Trinajstić information content (AvgIpc) is 3.47. The average molecular weight is 1140 g/mol. The number of carbonyl (C=O) groups excluding carboxylic acids is 3. The van der Waals surface area contributed by atoms with Crippen molar-refractivity contribution in [1.29, 1.82) is 0 Å². The zero-order valence-corrected chi connectivity index (χ0v) is 55.4. The molecule has 0 aromatic carbocycles. The first-order valence-electron chi connectivity index (χ1n) is 37.2. The molecule has 0 saturated heterocycles. The summed E-state index contributed by atoms with van der Waals surface area (Å²) in [4.78, 5) is 38.3. The van der Waals surface area contributed by atoms with Crippen molar-refractivity contribution in [1.82, 2.24) is 0 Å². The maximum absolute atomic E-state index is 12.9. The number of rotatable bonds is 70. The first-order valence-corrected chi connectivity index (χ1v) is 37.2. The van der Waals surface area contributed by atoms with Crippen LogP contribution < -0.4 is 0 Å². The second-order valence-corrected chi connectivity index (χ2v) is 25.6. The predicted octanol–water partition coefficient (Wildman–Crippen LogP) is 25.6. The molecule has 0 radical (unpaired) electrons. The van der Waals surface area contributed by atoms with Crippen LogP contribution >= 0.6 is 0 Å². The number of ether oxygens (including phenoxy) is 3. The Balaban J connectivity index is 4.00. The second kappa shape index (κ2) is 70.6. The van der Waals surface area contributed by atoms with Gasteiger partial charge < -0.3 is 14.2 Å². The summed E-state index contributed by atoms with van der Waals surface area (Å²) in [7, 11) is 0. The Bertz CT molecular complexity index is 1260. The third kappa shape index (κ3) is 68.8. The summed E-state index contributed by atoms with van der Waals surface area (Å²) in [6, 6.07) is 0. The first-order chi connectivity index (χ1) is 40.0. The van der Waals surface area contributed by atoms with Crippen LogP contribution in [0.25, 0.3) is 0 Å². The maximum atomic E-state index is 12.9. The molecule has 480 valence electrons. The van der Waals surface area contributed by atoms with Gasteiger partial charge in [-0.3, -0.25) is 14.4 Å². The third-order valence-electron chi connectivity index (χ3n) is 17.3. The quantitative estimate of drug-likeness (QED) is 0.0261. The molecule has 0 N–H and O–H groups in total. The SMILES string of the molecule is CCCCC/C=C\CCCCCCCC(=O)OCC(COC(=O)CCCCCCCCCCCCCCCCCCCCCCCCCCCCCCCCCCCCC)OC(=O)CCCCCCCCCCCCCCCCCC. The summed E-state index contributed by atoms with van der Waals surface area (Å²) >= 11 is 0. The van der Waals surface area contributed by atoms with E-state index in [2.05, 4.69) is 32.9 Å². The maximum Gasteiger partial charge on any atom is 0.306 e. The third-order valence-corrected chi connectivity index (χ3v) is 17.3. The monoisotopic (exact) mass is 1140 g/mol. The molecule has 0 amide bonds. The largest absolute Gasteiger partial charge is 0.462 e. The smallest absolute Gasteiger partial charge is 0.306 e.